The summed E-state index contributed by atoms with van der Waals surface area (Å²) < 4.78 is 0. The SMILES string of the molecule is CC(C)(c1cc2ccccc2[cH-]1)c1cc2ccccc2[cH-]1.[Cl-].[Cl-].[Ti+4]. The zero-order chi connectivity index (χ0) is 14.4. The van der Waals surface area contributed by atoms with E-state index in [1.807, 2.05) is 0 Å². The minimum Gasteiger partial charge on any atom is -1.00 e. The van der Waals surface area contributed by atoms with E-state index < -0.39 is 0 Å². The van der Waals surface area contributed by atoms with Crippen LogP contribution in [0.15, 0.2) is 72.8 Å². The molecule has 4 aromatic rings. The quantitative estimate of drug-likeness (QED) is 0.328. The van der Waals surface area contributed by atoms with Crippen molar-refractivity contribution in [2.45, 2.75) is 19.3 Å². The van der Waals surface area contributed by atoms with Crippen molar-refractivity contribution in [3.63, 3.8) is 0 Å². The van der Waals surface area contributed by atoms with Gasteiger partial charge in [-0.25, -0.2) is 0 Å². The van der Waals surface area contributed by atoms with Crippen LogP contribution < -0.4 is 24.8 Å². The number of rotatable bonds is 2. The molecule has 24 heavy (non-hydrogen) atoms. The molecule has 0 unspecified atom stereocenters. The molecule has 0 spiro atoms. The zero-order valence-electron chi connectivity index (χ0n) is 13.7. The van der Waals surface area contributed by atoms with Crippen LogP contribution in [0.3, 0.4) is 0 Å². The fraction of sp³-hybridized carbons (Fsp3) is 0.143. The summed E-state index contributed by atoms with van der Waals surface area (Å²) in [7, 11) is 0. The third-order valence-corrected chi connectivity index (χ3v) is 4.68. The maximum Gasteiger partial charge on any atom is 4.00 e. The molecular formula is C21H18Cl2Ti. The smallest absolute Gasteiger partial charge is 1.00 e. The average Bonchev–Trinajstić information content (AvgIpc) is 3.11. The average molecular weight is 389 g/mol. The van der Waals surface area contributed by atoms with Gasteiger partial charge in [0.15, 0.2) is 0 Å². The molecule has 0 aliphatic carbocycles. The molecule has 120 valence electrons. The minimum absolute atomic E-state index is 0. The Labute approximate surface area is 170 Å². The van der Waals surface area contributed by atoms with Crippen molar-refractivity contribution in [3.8, 4) is 0 Å². The largest absolute Gasteiger partial charge is 4.00 e. The van der Waals surface area contributed by atoms with E-state index in [2.05, 4.69) is 86.6 Å². The second kappa shape index (κ2) is 7.89. The number of hydrogen-bond donors (Lipinski definition) is 0. The molecule has 0 aliphatic rings. The summed E-state index contributed by atoms with van der Waals surface area (Å²) >= 11 is 0. The van der Waals surface area contributed by atoms with Gasteiger partial charge in [0.25, 0.3) is 0 Å². The summed E-state index contributed by atoms with van der Waals surface area (Å²) in [6.45, 7) is 4.63. The second-order valence-corrected chi connectivity index (χ2v) is 6.37. The summed E-state index contributed by atoms with van der Waals surface area (Å²) in [4.78, 5) is 0. The molecule has 0 aromatic heterocycles. The van der Waals surface area contributed by atoms with Crippen molar-refractivity contribution in [2.75, 3.05) is 0 Å². The fourth-order valence-electron chi connectivity index (χ4n) is 3.19. The van der Waals surface area contributed by atoms with Crippen molar-refractivity contribution >= 4 is 21.5 Å². The molecule has 0 radical (unpaired) electrons. The van der Waals surface area contributed by atoms with Gasteiger partial charge in [-0.05, 0) is 5.41 Å². The van der Waals surface area contributed by atoms with Gasteiger partial charge < -0.3 is 24.8 Å². The Morgan fingerprint density at radius 3 is 1.42 bits per heavy atom. The van der Waals surface area contributed by atoms with E-state index in [1.54, 1.807) is 0 Å². The number of halogens is 2. The number of benzene rings is 2. The standard InChI is InChI=1S/C21H18.2ClH.Ti/c1-21(2,19-11-15-7-3-4-8-16(15)12-19)20-13-17-9-5-6-10-18(17)14-20;;;/h3-14H,1-2H3;2*1H;/q-2;;;+4/p-2. The maximum atomic E-state index is 2.33. The van der Waals surface area contributed by atoms with Crippen LogP contribution in [0, 0.1) is 0 Å². The first-order valence-corrected chi connectivity index (χ1v) is 7.46. The topological polar surface area (TPSA) is 0 Å². The molecule has 0 nitrogen and oxygen atoms in total. The molecule has 0 aliphatic heterocycles. The van der Waals surface area contributed by atoms with Gasteiger partial charge in [-0.2, -0.15) is 12.1 Å². The molecule has 0 atom stereocenters. The molecule has 0 heterocycles. The van der Waals surface area contributed by atoms with Gasteiger partial charge in [0.05, 0.1) is 0 Å². The Hall–Kier alpha value is -1.05. The second-order valence-electron chi connectivity index (χ2n) is 6.37. The summed E-state index contributed by atoms with van der Waals surface area (Å²) in [6, 6.07) is 26.5. The van der Waals surface area contributed by atoms with Crippen LogP contribution in [-0.4, -0.2) is 0 Å². The van der Waals surface area contributed by atoms with E-state index >= 15 is 0 Å². The van der Waals surface area contributed by atoms with E-state index in [1.165, 1.54) is 32.7 Å². The Kier molecular flexibility index (Phi) is 6.90. The van der Waals surface area contributed by atoms with Crippen molar-refractivity contribution in [1.82, 2.24) is 0 Å². The molecule has 0 saturated carbocycles. The molecule has 4 rings (SSSR count). The van der Waals surface area contributed by atoms with Crippen LogP contribution in [0.2, 0.25) is 0 Å². The van der Waals surface area contributed by atoms with Crippen molar-refractivity contribution < 1.29 is 46.5 Å². The Balaban J connectivity index is 0.000000960. The third-order valence-electron chi connectivity index (χ3n) is 4.68. The van der Waals surface area contributed by atoms with E-state index in [-0.39, 0.29) is 51.9 Å². The van der Waals surface area contributed by atoms with Crippen LogP contribution in [0.5, 0.6) is 0 Å². The predicted molar refractivity (Wildman–Crippen MR) is 91.2 cm³/mol. The normalized spacial score (nSPS) is 10.8. The van der Waals surface area contributed by atoms with Gasteiger partial charge in [-0.3, -0.25) is 0 Å². The maximum absolute atomic E-state index is 2.33. The molecule has 0 N–H and O–H groups in total. The van der Waals surface area contributed by atoms with Gasteiger partial charge in [0, 0.05) is 0 Å². The Morgan fingerprint density at radius 1 is 0.667 bits per heavy atom. The van der Waals surface area contributed by atoms with Crippen molar-refractivity contribution in [2.24, 2.45) is 0 Å². The molecular weight excluding hydrogens is 371 g/mol. The van der Waals surface area contributed by atoms with Crippen LogP contribution >= 0.6 is 0 Å². The summed E-state index contributed by atoms with van der Waals surface area (Å²) in [6.07, 6.45) is 0. The van der Waals surface area contributed by atoms with Crippen LogP contribution in [-0.2, 0) is 27.1 Å². The summed E-state index contributed by atoms with van der Waals surface area (Å²) in [5, 5.41) is 5.32. The van der Waals surface area contributed by atoms with Crippen LogP contribution in [0.1, 0.15) is 25.0 Å². The molecule has 0 amide bonds. The predicted octanol–water partition coefficient (Wildman–Crippen LogP) is -0.238. The minimum atomic E-state index is 0. The van der Waals surface area contributed by atoms with Gasteiger partial charge >= 0.3 is 21.7 Å². The van der Waals surface area contributed by atoms with Crippen LogP contribution in [0.25, 0.3) is 21.5 Å². The molecule has 3 heteroatoms. The molecule has 0 bridgehead atoms. The number of hydrogen-bond acceptors (Lipinski definition) is 0. The van der Waals surface area contributed by atoms with E-state index in [0.29, 0.717) is 0 Å². The third kappa shape index (κ3) is 3.48. The fourth-order valence-corrected chi connectivity index (χ4v) is 3.19. The molecule has 0 fully saturated rings. The molecule has 4 aromatic carbocycles. The zero-order valence-corrected chi connectivity index (χ0v) is 16.8. The van der Waals surface area contributed by atoms with Crippen LogP contribution in [0.4, 0.5) is 0 Å². The first-order chi connectivity index (χ1) is 10.1. The van der Waals surface area contributed by atoms with Crippen molar-refractivity contribution in [3.05, 3.63) is 83.9 Å². The van der Waals surface area contributed by atoms with E-state index in [0.717, 1.165) is 0 Å². The van der Waals surface area contributed by atoms with E-state index in [9.17, 15) is 0 Å². The van der Waals surface area contributed by atoms with Gasteiger partial charge in [0.2, 0.25) is 0 Å². The monoisotopic (exact) mass is 388 g/mol. The molecule has 0 saturated heterocycles. The Morgan fingerprint density at radius 2 is 1.04 bits per heavy atom. The van der Waals surface area contributed by atoms with Crippen molar-refractivity contribution in [1.29, 1.82) is 0 Å². The van der Waals surface area contributed by atoms with Gasteiger partial charge in [-0.15, -0.1) is 81.2 Å². The summed E-state index contributed by atoms with van der Waals surface area (Å²) in [5.74, 6) is 0. The Bertz CT molecular complexity index is 789. The number of fused-ring (bicyclic) bond motifs is 2. The van der Waals surface area contributed by atoms with E-state index in [4.69, 9.17) is 0 Å². The van der Waals surface area contributed by atoms with Gasteiger partial charge in [0.1, 0.15) is 0 Å². The first kappa shape index (κ1) is 21.0. The summed E-state index contributed by atoms with van der Waals surface area (Å²) in [5.41, 5.74) is 2.80. The first-order valence-electron chi connectivity index (χ1n) is 7.46. The van der Waals surface area contributed by atoms with Gasteiger partial charge in [-0.1, -0.05) is 26.0 Å².